The molecular formula is C16H34N4S. The lowest BCUT2D eigenvalue weighted by atomic mass is 9.93. The van der Waals surface area contributed by atoms with Gasteiger partial charge in [0.25, 0.3) is 0 Å². The summed E-state index contributed by atoms with van der Waals surface area (Å²) in [6, 6.07) is 0. The minimum Gasteiger partial charge on any atom is -0.356 e. The van der Waals surface area contributed by atoms with E-state index in [0.717, 1.165) is 25.0 Å². The summed E-state index contributed by atoms with van der Waals surface area (Å²) in [6.45, 7) is 12.5. The number of thioether (sulfide) groups is 1. The Labute approximate surface area is 135 Å². The minimum absolute atomic E-state index is 0.241. The number of aliphatic imine (C=N–C) groups is 1. The number of likely N-dealkylation sites (tertiary alicyclic amines) is 1. The maximum atomic E-state index is 4.31. The molecule has 0 bridgehead atoms. The molecule has 0 aromatic heterocycles. The van der Waals surface area contributed by atoms with Crippen LogP contribution >= 0.6 is 11.8 Å². The number of piperidine rings is 1. The first-order valence-corrected chi connectivity index (χ1v) is 9.45. The van der Waals surface area contributed by atoms with Gasteiger partial charge in [0.15, 0.2) is 5.96 Å². The molecule has 0 aliphatic carbocycles. The van der Waals surface area contributed by atoms with E-state index in [0.29, 0.717) is 0 Å². The zero-order valence-corrected chi connectivity index (χ0v) is 15.4. The lowest BCUT2D eigenvalue weighted by molar-refractivity contribution is 0.187. The van der Waals surface area contributed by atoms with Gasteiger partial charge in [0.05, 0.1) is 0 Å². The molecule has 124 valence electrons. The van der Waals surface area contributed by atoms with Crippen LogP contribution < -0.4 is 10.6 Å². The number of guanidine groups is 1. The molecule has 0 amide bonds. The second-order valence-electron chi connectivity index (χ2n) is 6.48. The third-order valence-electron chi connectivity index (χ3n) is 4.46. The van der Waals surface area contributed by atoms with E-state index in [1.165, 1.54) is 38.9 Å². The summed E-state index contributed by atoms with van der Waals surface area (Å²) in [5, 5.41) is 6.88. The third kappa shape index (κ3) is 7.41. The van der Waals surface area contributed by atoms with Gasteiger partial charge >= 0.3 is 0 Å². The quantitative estimate of drug-likeness (QED) is 0.559. The average Bonchev–Trinajstić information content (AvgIpc) is 2.51. The number of nitrogens with zero attached hydrogens (tertiary/aromatic N) is 2. The van der Waals surface area contributed by atoms with Crippen LogP contribution in [0.5, 0.6) is 0 Å². The molecule has 0 spiro atoms. The van der Waals surface area contributed by atoms with Gasteiger partial charge < -0.3 is 15.5 Å². The molecule has 2 N–H and O–H groups in total. The Kier molecular flexibility index (Phi) is 8.49. The molecule has 1 heterocycles. The normalized spacial score (nSPS) is 18.8. The van der Waals surface area contributed by atoms with Gasteiger partial charge in [-0.25, -0.2) is 0 Å². The summed E-state index contributed by atoms with van der Waals surface area (Å²) < 4.78 is 0.241. The van der Waals surface area contributed by atoms with Crippen molar-refractivity contribution in [1.82, 2.24) is 15.5 Å². The highest BCUT2D eigenvalue weighted by atomic mass is 32.2. The molecule has 0 aromatic carbocycles. The largest absolute Gasteiger partial charge is 0.356 e. The Morgan fingerprint density at radius 2 is 1.95 bits per heavy atom. The van der Waals surface area contributed by atoms with Gasteiger partial charge in [0.2, 0.25) is 0 Å². The summed E-state index contributed by atoms with van der Waals surface area (Å²) >= 11 is 1.88. The van der Waals surface area contributed by atoms with Crippen molar-refractivity contribution in [2.75, 3.05) is 46.0 Å². The van der Waals surface area contributed by atoms with Crippen molar-refractivity contribution in [2.24, 2.45) is 10.9 Å². The molecule has 1 aliphatic heterocycles. The Morgan fingerprint density at radius 3 is 2.48 bits per heavy atom. The number of nitrogens with one attached hydrogen (secondary N) is 2. The molecule has 1 rings (SSSR count). The zero-order chi connectivity index (χ0) is 15.7. The molecule has 0 radical (unpaired) electrons. The number of hydrogen-bond acceptors (Lipinski definition) is 3. The summed E-state index contributed by atoms with van der Waals surface area (Å²) in [5.41, 5.74) is 0. The predicted molar refractivity (Wildman–Crippen MR) is 96.4 cm³/mol. The SMILES string of the molecule is CCN1CCC(CCNC(=NC)NCC(C)(C)SC)CC1. The molecule has 0 unspecified atom stereocenters. The maximum Gasteiger partial charge on any atom is 0.191 e. The fourth-order valence-electron chi connectivity index (χ4n) is 2.58. The van der Waals surface area contributed by atoms with Crippen molar-refractivity contribution in [2.45, 2.75) is 44.8 Å². The second kappa shape index (κ2) is 9.57. The summed E-state index contributed by atoms with van der Waals surface area (Å²) in [7, 11) is 1.85. The predicted octanol–water partition coefficient (Wildman–Crippen LogP) is 2.42. The average molecular weight is 315 g/mol. The monoisotopic (exact) mass is 314 g/mol. The van der Waals surface area contributed by atoms with E-state index < -0.39 is 0 Å². The molecule has 0 aromatic rings. The van der Waals surface area contributed by atoms with Crippen LogP contribution in [0.25, 0.3) is 0 Å². The van der Waals surface area contributed by atoms with Crippen LogP contribution in [-0.2, 0) is 0 Å². The van der Waals surface area contributed by atoms with Crippen LogP contribution in [-0.4, -0.2) is 61.6 Å². The fourth-order valence-corrected chi connectivity index (χ4v) is 2.79. The van der Waals surface area contributed by atoms with Crippen LogP contribution in [0, 0.1) is 5.92 Å². The smallest absolute Gasteiger partial charge is 0.191 e. The highest BCUT2D eigenvalue weighted by molar-refractivity contribution is 7.99. The van der Waals surface area contributed by atoms with Crippen molar-refractivity contribution in [3.63, 3.8) is 0 Å². The highest BCUT2D eigenvalue weighted by Crippen LogP contribution is 2.20. The molecule has 21 heavy (non-hydrogen) atoms. The molecule has 0 atom stereocenters. The summed E-state index contributed by atoms with van der Waals surface area (Å²) in [4.78, 5) is 6.86. The van der Waals surface area contributed by atoms with Crippen molar-refractivity contribution < 1.29 is 0 Å². The van der Waals surface area contributed by atoms with Crippen LogP contribution in [0.2, 0.25) is 0 Å². The Morgan fingerprint density at radius 1 is 1.29 bits per heavy atom. The van der Waals surface area contributed by atoms with Gasteiger partial charge in [-0.05, 0) is 64.9 Å². The van der Waals surface area contributed by atoms with Gasteiger partial charge in [-0.3, -0.25) is 4.99 Å². The topological polar surface area (TPSA) is 39.7 Å². The van der Waals surface area contributed by atoms with Crippen LogP contribution in [0.15, 0.2) is 4.99 Å². The van der Waals surface area contributed by atoms with E-state index >= 15 is 0 Å². The Bertz CT molecular complexity index is 309. The lowest BCUT2D eigenvalue weighted by Crippen LogP contribution is -2.44. The number of rotatable bonds is 7. The first-order chi connectivity index (χ1) is 10.0. The zero-order valence-electron chi connectivity index (χ0n) is 14.5. The van der Waals surface area contributed by atoms with E-state index in [1.54, 1.807) is 0 Å². The van der Waals surface area contributed by atoms with Gasteiger partial charge in [0.1, 0.15) is 0 Å². The number of hydrogen-bond donors (Lipinski definition) is 2. The van der Waals surface area contributed by atoms with E-state index in [-0.39, 0.29) is 4.75 Å². The molecule has 1 saturated heterocycles. The molecule has 0 saturated carbocycles. The Hall–Kier alpha value is -0.420. The van der Waals surface area contributed by atoms with Crippen molar-refractivity contribution in [3.05, 3.63) is 0 Å². The van der Waals surface area contributed by atoms with Crippen LogP contribution in [0.3, 0.4) is 0 Å². The first kappa shape index (κ1) is 18.6. The standard InChI is InChI=1S/C16H34N4S/c1-6-20-11-8-14(9-12-20)7-10-18-15(17-4)19-13-16(2,3)21-5/h14H,6-13H2,1-5H3,(H2,17,18,19). The molecular weight excluding hydrogens is 280 g/mol. The fraction of sp³-hybridized carbons (Fsp3) is 0.938. The molecule has 1 fully saturated rings. The van der Waals surface area contributed by atoms with Crippen LogP contribution in [0.1, 0.15) is 40.0 Å². The highest BCUT2D eigenvalue weighted by Gasteiger charge is 2.18. The second-order valence-corrected chi connectivity index (χ2v) is 8.00. The van der Waals surface area contributed by atoms with Crippen molar-refractivity contribution in [3.8, 4) is 0 Å². The molecule has 4 nitrogen and oxygen atoms in total. The molecule has 5 heteroatoms. The van der Waals surface area contributed by atoms with Crippen molar-refractivity contribution in [1.29, 1.82) is 0 Å². The van der Waals surface area contributed by atoms with Gasteiger partial charge in [0, 0.05) is 24.9 Å². The third-order valence-corrected chi connectivity index (χ3v) is 5.71. The maximum absolute atomic E-state index is 4.31. The summed E-state index contributed by atoms with van der Waals surface area (Å²) in [6.07, 6.45) is 6.10. The minimum atomic E-state index is 0.241. The summed E-state index contributed by atoms with van der Waals surface area (Å²) in [5.74, 6) is 1.81. The molecule has 1 aliphatic rings. The van der Waals surface area contributed by atoms with E-state index in [4.69, 9.17) is 0 Å². The van der Waals surface area contributed by atoms with Gasteiger partial charge in [-0.15, -0.1) is 0 Å². The Balaban J connectivity index is 2.18. The van der Waals surface area contributed by atoms with Gasteiger partial charge in [-0.1, -0.05) is 6.92 Å². The lowest BCUT2D eigenvalue weighted by Gasteiger charge is -2.31. The van der Waals surface area contributed by atoms with Crippen LogP contribution in [0.4, 0.5) is 0 Å². The van der Waals surface area contributed by atoms with E-state index in [2.05, 4.69) is 47.6 Å². The first-order valence-electron chi connectivity index (χ1n) is 8.22. The van der Waals surface area contributed by atoms with Crippen molar-refractivity contribution >= 4 is 17.7 Å². The van der Waals surface area contributed by atoms with Gasteiger partial charge in [-0.2, -0.15) is 11.8 Å². The van der Waals surface area contributed by atoms with E-state index in [9.17, 15) is 0 Å². The van der Waals surface area contributed by atoms with E-state index in [1.807, 2.05) is 18.8 Å².